The topological polar surface area (TPSA) is 46.5 Å². The van der Waals surface area contributed by atoms with Gasteiger partial charge in [-0.2, -0.15) is 4.21 Å². The van der Waals surface area contributed by atoms with Gasteiger partial charge in [-0.1, -0.05) is 89.7 Å². The van der Waals surface area contributed by atoms with Gasteiger partial charge in [0.1, 0.15) is 5.75 Å². The molecule has 24 heavy (non-hydrogen) atoms. The van der Waals surface area contributed by atoms with Crippen LogP contribution in [0.5, 0.6) is 5.75 Å². The van der Waals surface area contributed by atoms with Crippen LogP contribution in [0.1, 0.15) is 89.5 Å². The summed E-state index contributed by atoms with van der Waals surface area (Å²) in [5.74, 6) is 0.439. The minimum Gasteiger partial charge on any atom is -0.380 e. The van der Waals surface area contributed by atoms with Gasteiger partial charge in [0.15, 0.2) is 0 Å². The van der Waals surface area contributed by atoms with E-state index in [2.05, 4.69) is 6.92 Å². The summed E-state index contributed by atoms with van der Waals surface area (Å²) in [5, 5.41) is 0. The van der Waals surface area contributed by atoms with Gasteiger partial charge in [0, 0.05) is 0 Å². The summed E-state index contributed by atoms with van der Waals surface area (Å²) < 4.78 is 23.9. The molecule has 0 radical (unpaired) electrons. The average molecular weight is 355 g/mol. The van der Waals surface area contributed by atoms with Crippen molar-refractivity contribution in [3.8, 4) is 5.75 Å². The fourth-order valence-corrected chi connectivity index (χ4v) is 3.24. The van der Waals surface area contributed by atoms with E-state index < -0.39 is 11.4 Å². The first-order chi connectivity index (χ1) is 11.7. The van der Waals surface area contributed by atoms with E-state index in [0.29, 0.717) is 5.75 Å². The largest absolute Gasteiger partial charge is 0.380 e. The van der Waals surface area contributed by atoms with Gasteiger partial charge in [-0.3, -0.25) is 4.55 Å². The van der Waals surface area contributed by atoms with Crippen molar-refractivity contribution in [1.82, 2.24) is 0 Å². The van der Waals surface area contributed by atoms with Crippen LogP contribution in [0.4, 0.5) is 0 Å². The van der Waals surface area contributed by atoms with Crippen LogP contribution >= 0.6 is 0 Å². The Morgan fingerprint density at radius 2 is 1.25 bits per heavy atom. The van der Waals surface area contributed by atoms with E-state index in [1.165, 1.54) is 82.6 Å². The van der Waals surface area contributed by atoms with Gasteiger partial charge < -0.3 is 4.18 Å². The van der Waals surface area contributed by atoms with Gasteiger partial charge >= 0.3 is 11.4 Å². The molecule has 0 saturated heterocycles. The zero-order valence-corrected chi connectivity index (χ0v) is 16.0. The summed E-state index contributed by atoms with van der Waals surface area (Å²) in [7, 11) is 0. The first kappa shape index (κ1) is 21.2. The minimum absolute atomic E-state index is 0.439. The maximum atomic E-state index is 10.5. The number of rotatable bonds is 15. The Balaban J connectivity index is 1.92. The highest BCUT2D eigenvalue weighted by atomic mass is 32.2. The van der Waals surface area contributed by atoms with Crippen LogP contribution in [0, 0.1) is 0 Å². The lowest BCUT2D eigenvalue weighted by atomic mass is 10.0. The van der Waals surface area contributed by atoms with Gasteiger partial charge in [0.25, 0.3) is 0 Å². The van der Waals surface area contributed by atoms with Crippen LogP contribution in [-0.4, -0.2) is 8.76 Å². The van der Waals surface area contributed by atoms with Crippen molar-refractivity contribution in [2.24, 2.45) is 0 Å². The smallest absolute Gasteiger partial charge is 0.357 e. The van der Waals surface area contributed by atoms with E-state index in [0.717, 1.165) is 6.42 Å². The van der Waals surface area contributed by atoms with Crippen LogP contribution in [0.15, 0.2) is 24.3 Å². The van der Waals surface area contributed by atoms with E-state index in [1.807, 2.05) is 12.1 Å². The summed E-state index contributed by atoms with van der Waals surface area (Å²) in [4.78, 5) is 0. The number of hydrogen-bond donors (Lipinski definition) is 1. The molecule has 1 aromatic rings. The van der Waals surface area contributed by atoms with Crippen molar-refractivity contribution in [2.75, 3.05) is 0 Å². The van der Waals surface area contributed by atoms with Gasteiger partial charge in [0.05, 0.1) is 0 Å². The molecule has 0 aliphatic heterocycles. The Kier molecular flexibility index (Phi) is 12.8. The molecule has 3 nitrogen and oxygen atoms in total. The zero-order chi connectivity index (χ0) is 17.5. The fraction of sp³-hybridized carbons (Fsp3) is 0.700. The quantitative estimate of drug-likeness (QED) is 0.291. The summed E-state index contributed by atoms with van der Waals surface area (Å²) in [5.41, 5.74) is 1.26. The standard InChI is InChI=1S/C20H34O3S/c1-2-3-4-5-6-7-8-9-10-11-12-13-14-19-15-17-20(18-16-19)23-24(21)22/h15-18H,2-14H2,1H3,(H,21,22). The lowest BCUT2D eigenvalue weighted by Crippen LogP contribution is -1.97. The molecule has 0 aliphatic carbocycles. The van der Waals surface area contributed by atoms with Crippen LogP contribution < -0.4 is 4.18 Å². The van der Waals surface area contributed by atoms with E-state index in [1.54, 1.807) is 12.1 Å². The average Bonchev–Trinajstić information content (AvgIpc) is 2.57. The van der Waals surface area contributed by atoms with Crippen LogP contribution in [0.3, 0.4) is 0 Å². The summed E-state index contributed by atoms with van der Waals surface area (Å²) >= 11 is -2.24. The molecule has 138 valence electrons. The van der Waals surface area contributed by atoms with Crippen molar-refractivity contribution < 1.29 is 12.9 Å². The highest BCUT2D eigenvalue weighted by Gasteiger charge is 1.99. The molecule has 0 aromatic heterocycles. The molecule has 0 spiro atoms. The SMILES string of the molecule is CCCCCCCCCCCCCCc1ccc(OS(=O)O)cc1. The molecule has 1 N–H and O–H groups in total. The summed E-state index contributed by atoms with van der Waals surface area (Å²) in [6.45, 7) is 2.27. The fourth-order valence-electron chi connectivity index (χ4n) is 2.96. The van der Waals surface area contributed by atoms with Crippen molar-refractivity contribution >= 4 is 11.4 Å². The van der Waals surface area contributed by atoms with Crippen molar-refractivity contribution in [2.45, 2.75) is 90.4 Å². The van der Waals surface area contributed by atoms with E-state index >= 15 is 0 Å². The predicted molar refractivity (Wildman–Crippen MR) is 103 cm³/mol. The monoisotopic (exact) mass is 354 g/mol. The first-order valence-electron chi connectivity index (χ1n) is 9.60. The number of unbranched alkanes of at least 4 members (excludes halogenated alkanes) is 11. The maximum Gasteiger partial charge on any atom is 0.357 e. The van der Waals surface area contributed by atoms with Gasteiger partial charge in [-0.25, -0.2) is 0 Å². The van der Waals surface area contributed by atoms with E-state index in [4.69, 9.17) is 8.74 Å². The van der Waals surface area contributed by atoms with Gasteiger partial charge in [-0.15, -0.1) is 0 Å². The Bertz CT molecular complexity index is 431. The van der Waals surface area contributed by atoms with Crippen molar-refractivity contribution in [3.63, 3.8) is 0 Å². The number of benzene rings is 1. The van der Waals surface area contributed by atoms with E-state index in [-0.39, 0.29) is 0 Å². The molecule has 0 bridgehead atoms. The molecule has 0 heterocycles. The van der Waals surface area contributed by atoms with Crippen LogP contribution in [0.25, 0.3) is 0 Å². The minimum atomic E-state index is -2.24. The van der Waals surface area contributed by atoms with Crippen LogP contribution in [-0.2, 0) is 17.8 Å². The zero-order valence-electron chi connectivity index (χ0n) is 15.2. The highest BCUT2D eigenvalue weighted by molar-refractivity contribution is 7.74. The normalized spacial score (nSPS) is 12.2. The second kappa shape index (κ2) is 14.5. The second-order valence-corrected chi connectivity index (χ2v) is 7.18. The third kappa shape index (κ3) is 11.6. The summed E-state index contributed by atoms with van der Waals surface area (Å²) in [6.07, 6.45) is 17.5. The summed E-state index contributed by atoms with van der Waals surface area (Å²) in [6, 6.07) is 7.45. The Labute approximate surface area is 150 Å². The molecule has 1 aromatic carbocycles. The first-order valence-corrected chi connectivity index (χ1v) is 10.6. The van der Waals surface area contributed by atoms with Gasteiger partial charge in [-0.05, 0) is 30.5 Å². The molecule has 0 aliphatic rings. The number of hydrogen-bond acceptors (Lipinski definition) is 2. The van der Waals surface area contributed by atoms with Crippen molar-refractivity contribution in [1.29, 1.82) is 0 Å². The molecule has 0 saturated carbocycles. The molecular formula is C20H34O3S. The molecule has 0 amide bonds. The highest BCUT2D eigenvalue weighted by Crippen LogP contribution is 2.16. The molecule has 1 unspecified atom stereocenters. The molecule has 4 heteroatoms. The Hall–Kier alpha value is -0.870. The molecular weight excluding hydrogens is 320 g/mol. The van der Waals surface area contributed by atoms with Crippen LogP contribution in [0.2, 0.25) is 0 Å². The lowest BCUT2D eigenvalue weighted by molar-refractivity contribution is 0.458. The second-order valence-electron chi connectivity index (χ2n) is 6.58. The van der Waals surface area contributed by atoms with Gasteiger partial charge in [0.2, 0.25) is 0 Å². The third-order valence-corrected chi connectivity index (χ3v) is 4.74. The molecule has 1 atom stereocenters. The third-order valence-electron chi connectivity index (χ3n) is 4.41. The maximum absolute atomic E-state index is 10.5. The number of aryl methyl sites for hydroxylation is 1. The predicted octanol–water partition coefficient (Wildman–Crippen LogP) is 6.45. The van der Waals surface area contributed by atoms with E-state index in [9.17, 15) is 4.21 Å². The molecule has 1 rings (SSSR count). The molecule has 0 fully saturated rings. The van der Waals surface area contributed by atoms with Crippen molar-refractivity contribution in [3.05, 3.63) is 29.8 Å². The Morgan fingerprint density at radius 1 is 0.792 bits per heavy atom. The Morgan fingerprint density at radius 3 is 1.71 bits per heavy atom. The lowest BCUT2D eigenvalue weighted by Gasteiger charge is -2.04.